The second-order valence-corrected chi connectivity index (χ2v) is 1.15. The molecule has 0 heterocycles. The standard InChI is InChI=1S/2C2H8N2.Fe/c2*3-1-2-4;/h2*1-4H2;. The third-order valence-corrected chi connectivity index (χ3v) is 0.333. The van der Waals surface area contributed by atoms with Gasteiger partial charge in [0.25, 0.3) is 0 Å². The van der Waals surface area contributed by atoms with Crippen LogP contribution in [0.1, 0.15) is 0 Å². The van der Waals surface area contributed by atoms with Gasteiger partial charge in [-0.1, -0.05) is 0 Å². The monoisotopic (exact) mass is 176 g/mol. The molecule has 0 saturated carbocycles. The van der Waals surface area contributed by atoms with Crippen LogP contribution in [-0.4, -0.2) is 26.2 Å². The van der Waals surface area contributed by atoms with E-state index in [-0.39, 0.29) is 17.1 Å². The third kappa shape index (κ3) is 60.7. The van der Waals surface area contributed by atoms with Gasteiger partial charge >= 0.3 is 0 Å². The van der Waals surface area contributed by atoms with Gasteiger partial charge in [0.15, 0.2) is 0 Å². The van der Waals surface area contributed by atoms with Crippen LogP contribution in [0.3, 0.4) is 0 Å². The average molecular weight is 176 g/mol. The molecule has 0 aliphatic rings. The molecule has 0 aliphatic heterocycles. The Hall–Kier alpha value is 0.359. The van der Waals surface area contributed by atoms with Gasteiger partial charge in [-0.2, -0.15) is 0 Å². The van der Waals surface area contributed by atoms with Gasteiger partial charge in [-0.3, -0.25) is 0 Å². The van der Waals surface area contributed by atoms with E-state index in [1.165, 1.54) is 0 Å². The molecule has 0 atom stereocenters. The summed E-state index contributed by atoms with van der Waals surface area (Å²) >= 11 is 0. The van der Waals surface area contributed by atoms with Crippen molar-refractivity contribution in [1.82, 2.24) is 0 Å². The van der Waals surface area contributed by atoms with Gasteiger partial charge in [-0.25, -0.2) is 0 Å². The third-order valence-electron chi connectivity index (χ3n) is 0.333. The molecule has 0 bridgehead atoms. The van der Waals surface area contributed by atoms with E-state index in [0.717, 1.165) is 0 Å². The van der Waals surface area contributed by atoms with Crippen LogP contribution >= 0.6 is 0 Å². The molecule has 8 N–H and O–H groups in total. The van der Waals surface area contributed by atoms with Crippen LogP contribution in [0.25, 0.3) is 0 Å². The number of rotatable bonds is 2. The molecule has 9 heavy (non-hydrogen) atoms. The van der Waals surface area contributed by atoms with E-state index in [9.17, 15) is 0 Å². The summed E-state index contributed by atoms with van der Waals surface area (Å²) in [5, 5.41) is 0. The normalized spacial score (nSPS) is 6.67. The fraction of sp³-hybridized carbons (Fsp3) is 1.00. The van der Waals surface area contributed by atoms with E-state index in [1.54, 1.807) is 0 Å². The first-order valence-electron chi connectivity index (χ1n) is 2.63. The van der Waals surface area contributed by atoms with E-state index in [2.05, 4.69) is 0 Å². The molecule has 0 aliphatic carbocycles. The second-order valence-electron chi connectivity index (χ2n) is 1.15. The van der Waals surface area contributed by atoms with Crippen LogP contribution in [-0.2, 0) is 17.1 Å². The zero-order valence-electron chi connectivity index (χ0n) is 5.49. The van der Waals surface area contributed by atoms with Gasteiger partial charge in [-0.15, -0.1) is 0 Å². The predicted octanol–water partition coefficient (Wildman–Crippen LogP) is -2.19. The molecular formula is C4H16FeN4. The van der Waals surface area contributed by atoms with Crippen molar-refractivity contribution in [2.45, 2.75) is 0 Å². The molecule has 0 saturated heterocycles. The van der Waals surface area contributed by atoms with Crippen molar-refractivity contribution in [3.63, 3.8) is 0 Å². The maximum absolute atomic E-state index is 4.90. The fourth-order valence-corrected chi connectivity index (χ4v) is 0. The molecular weight excluding hydrogens is 160 g/mol. The van der Waals surface area contributed by atoms with Gasteiger partial charge in [-0.05, 0) is 0 Å². The molecule has 0 unspecified atom stereocenters. The summed E-state index contributed by atoms with van der Waals surface area (Å²) in [6.07, 6.45) is 0. The van der Waals surface area contributed by atoms with Crippen LogP contribution in [0, 0.1) is 0 Å². The second kappa shape index (κ2) is 23.8. The summed E-state index contributed by atoms with van der Waals surface area (Å²) in [5.74, 6) is 0. The van der Waals surface area contributed by atoms with E-state index in [4.69, 9.17) is 22.9 Å². The zero-order valence-corrected chi connectivity index (χ0v) is 6.60. The van der Waals surface area contributed by atoms with E-state index in [1.807, 2.05) is 0 Å². The van der Waals surface area contributed by atoms with E-state index >= 15 is 0 Å². The Morgan fingerprint density at radius 1 is 0.556 bits per heavy atom. The van der Waals surface area contributed by atoms with Crippen LogP contribution in [0.5, 0.6) is 0 Å². The SMILES string of the molecule is NCCN.NCCN.[Fe]. The average Bonchev–Trinajstić information content (AvgIpc) is 1.88. The molecule has 0 aromatic carbocycles. The molecule has 0 aromatic heterocycles. The van der Waals surface area contributed by atoms with E-state index < -0.39 is 0 Å². The molecule has 0 rings (SSSR count). The number of hydrogen-bond donors (Lipinski definition) is 4. The number of nitrogens with two attached hydrogens (primary N) is 4. The smallest absolute Gasteiger partial charge is 0.00461 e. The Bertz CT molecular complexity index is 20.5. The summed E-state index contributed by atoms with van der Waals surface area (Å²) in [5.41, 5.74) is 19.6. The Balaban J connectivity index is -0.0000000720. The minimum absolute atomic E-state index is 0. The molecule has 60 valence electrons. The largest absolute Gasteiger partial charge is 0.329 e. The molecule has 4 nitrogen and oxygen atoms in total. The van der Waals surface area contributed by atoms with Gasteiger partial charge in [0.1, 0.15) is 0 Å². The first kappa shape index (κ1) is 16.2. The Kier molecular flexibility index (Phi) is 42.8. The summed E-state index contributed by atoms with van der Waals surface area (Å²) in [4.78, 5) is 0. The van der Waals surface area contributed by atoms with E-state index in [0.29, 0.717) is 26.2 Å². The van der Waals surface area contributed by atoms with Crippen molar-refractivity contribution < 1.29 is 17.1 Å². The van der Waals surface area contributed by atoms with Crippen molar-refractivity contribution in [2.24, 2.45) is 22.9 Å². The van der Waals surface area contributed by atoms with Crippen molar-refractivity contribution in [2.75, 3.05) is 26.2 Å². The Morgan fingerprint density at radius 2 is 0.667 bits per heavy atom. The minimum atomic E-state index is 0. The Labute approximate surface area is 66.8 Å². The quantitative estimate of drug-likeness (QED) is 0.358. The number of hydrogen-bond acceptors (Lipinski definition) is 4. The maximum atomic E-state index is 4.90. The first-order valence-corrected chi connectivity index (χ1v) is 2.63. The molecule has 0 fully saturated rings. The van der Waals surface area contributed by atoms with Crippen LogP contribution in [0.4, 0.5) is 0 Å². The molecule has 0 radical (unpaired) electrons. The molecule has 0 amide bonds. The maximum Gasteiger partial charge on any atom is 0.00461 e. The summed E-state index contributed by atoms with van der Waals surface area (Å²) in [7, 11) is 0. The van der Waals surface area contributed by atoms with Crippen molar-refractivity contribution in [3.05, 3.63) is 0 Å². The van der Waals surface area contributed by atoms with Gasteiger partial charge in [0.2, 0.25) is 0 Å². The van der Waals surface area contributed by atoms with Gasteiger partial charge < -0.3 is 22.9 Å². The fourth-order valence-electron chi connectivity index (χ4n) is 0. The zero-order chi connectivity index (χ0) is 6.83. The van der Waals surface area contributed by atoms with Crippen LogP contribution in [0.2, 0.25) is 0 Å². The summed E-state index contributed by atoms with van der Waals surface area (Å²) in [6, 6.07) is 0. The Morgan fingerprint density at radius 3 is 0.667 bits per heavy atom. The summed E-state index contributed by atoms with van der Waals surface area (Å²) < 4.78 is 0. The van der Waals surface area contributed by atoms with Crippen LogP contribution in [0.15, 0.2) is 0 Å². The minimum Gasteiger partial charge on any atom is -0.329 e. The topological polar surface area (TPSA) is 104 Å². The van der Waals surface area contributed by atoms with Crippen molar-refractivity contribution >= 4 is 0 Å². The summed E-state index contributed by atoms with van der Waals surface area (Å²) in [6.45, 7) is 2.39. The molecule has 5 heteroatoms. The molecule has 0 aromatic rings. The van der Waals surface area contributed by atoms with Gasteiger partial charge in [0, 0.05) is 43.2 Å². The van der Waals surface area contributed by atoms with Gasteiger partial charge in [0.05, 0.1) is 0 Å². The molecule has 0 spiro atoms. The first-order chi connectivity index (χ1) is 3.83. The van der Waals surface area contributed by atoms with Crippen molar-refractivity contribution in [3.8, 4) is 0 Å². The van der Waals surface area contributed by atoms with Crippen LogP contribution < -0.4 is 22.9 Å². The van der Waals surface area contributed by atoms with Crippen molar-refractivity contribution in [1.29, 1.82) is 0 Å². The predicted molar refractivity (Wildman–Crippen MR) is 36.2 cm³/mol.